The van der Waals surface area contributed by atoms with Crippen molar-refractivity contribution in [2.45, 2.75) is 24.7 Å². The number of halogens is 3. The molecule has 3 heterocycles. The van der Waals surface area contributed by atoms with Gasteiger partial charge in [-0.25, -0.2) is 0 Å². The number of imide groups is 1. The van der Waals surface area contributed by atoms with E-state index in [0.717, 1.165) is 4.90 Å². The number of aromatic nitrogens is 1. The van der Waals surface area contributed by atoms with E-state index in [-0.39, 0.29) is 0 Å². The van der Waals surface area contributed by atoms with E-state index in [9.17, 15) is 22.8 Å². The fourth-order valence-electron chi connectivity index (χ4n) is 3.47. The predicted molar refractivity (Wildman–Crippen MR) is 69.3 cm³/mol. The number of carbonyl (C=O) groups excluding carboxylic acids is 2. The van der Waals surface area contributed by atoms with Crippen LogP contribution in [0.5, 0.6) is 0 Å². The first kappa shape index (κ1) is 15.0. The Balaban J connectivity index is 2.14. The molecule has 0 aromatic carbocycles. The topological polar surface area (TPSA) is 62.3 Å². The molecule has 4 atom stereocenters. The van der Waals surface area contributed by atoms with E-state index in [4.69, 9.17) is 0 Å². The zero-order valence-corrected chi connectivity index (χ0v) is 11.9. The summed E-state index contributed by atoms with van der Waals surface area (Å²) in [5.74, 6) is -3.98. The second-order valence-electron chi connectivity index (χ2n) is 5.82. The maximum absolute atomic E-state index is 13.3. The third-order valence-corrected chi connectivity index (χ3v) is 4.56. The number of nitrogens with zero attached hydrogens (tertiary/aromatic N) is 2. The van der Waals surface area contributed by atoms with Crippen molar-refractivity contribution < 1.29 is 22.8 Å². The summed E-state index contributed by atoms with van der Waals surface area (Å²) < 4.78 is 40.0. The van der Waals surface area contributed by atoms with Crippen LogP contribution in [0.15, 0.2) is 24.4 Å². The van der Waals surface area contributed by atoms with Crippen molar-refractivity contribution in [1.82, 2.24) is 15.2 Å². The minimum atomic E-state index is -4.63. The van der Waals surface area contributed by atoms with E-state index in [1.165, 1.54) is 20.2 Å². The molecule has 0 aliphatic carbocycles. The molecule has 8 heteroatoms. The number of alkyl halides is 3. The Morgan fingerprint density at radius 2 is 1.95 bits per heavy atom. The molecule has 0 radical (unpaired) electrons. The van der Waals surface area contributed by atoms with Gasteiger partial charge in [-0.2, -0.15) is 13.2 Å². The van der Waals surface area contributed by atoms with Crippen LogP contribution < -0.4 is 5.32 Å². The maximum Gasteiger partial charge on any atom is 0.404 e. The number of pyridine rings is 1. The molecule has 2 fully saturated rings. The molecule has 1 N–H and O–H groups in total. The number of nitrogens with one attached hydrogen (secondary N) is 1. The van der Waals surface area contributed by atoms with Gasteiger partial charge in [0.05, 0.1) is 23.1 Å². The Bertz CT molecular complexity index is 634. The second-order valence-corrected chi connectivity index (χ2v) is 5.82. The number of likely N-dealkylation sites (tertiary alicyclic amines) is 1. The van der Waals surface area contributed by atoms with Gasteiger partial charge in [-0.3, -0.25) is 24.8 Å². The van der Waals surface area contributed by atoms with Gasteiger partial charge in [0.25, 0.3) is 0 Å². The van der Waals surface area contributed by atoms with Crippen LogP contribution in [-0.2, 0) is 15.1 Å². The highest BCUT2D eigenvalue weighted by molar-refractivity contribution is 6.06. The third kappa shape index (κ3) is 1.86. The molecule has 1 aromatic rings. The van der Waals surface area contributed by atoms with E-state index in [0.29, 0.717) is 5.69 Å². The summed E-state index contributed by atoms with van der Waals surface area (Å²) in [6.45, 7) is 1.49. The highest BCUT2D eigenvalue weighted by Crippen LogP contribution is 2.50. The molecular formula is C14H14F3N3O2. The van der Waals surface area contributed by atoms with E-state index in [1.807, 2.05) is 0 Å². The van der Waals surface area contributed by atoms with Gasteiger partial charge >= 0.3 is 6.18 Å². The molecule has 1 aromatic heterocycles. The summed E-state index contributed by atoms with van der Waals surface area (Å²) >= 11 is 0. The number of rotatable bonds is 1. The largest absolute Gasteiger partial charge is 0.404 e. The molecular weight excluding hydrogens is 299 g/mol. The van der Waals surface area contributed by atoms with Crippen molar-refractivity contribution in [2.24, 2.45) is 11.8 Å². The van der Waals surface area contributed by atoms with Crippen LogP contribution in [0, 0.1) is 11.8 Å². The number of fused-ring (bicyclic) bond motifs is 1. The van der Waals surface area contributed by atoms with Crippen LogP contribution in [0.1, 0.15) is 12.6 Å². The van der Waals surface area contributed by atoms with Crippen molar-refractivity contribution in [1.29, 1.82) is 0 Å². The van der Waals surface area contributed by atoms with Crippen LogP contribution in [0.25, 0.3) is 0 Å². The molecule has 5 nitrogen and oxygen atoms in total. The SMILES string of the molecule is CN1C(=O)[C@@H]2[C@H](C(F)(F)F)N[C@](C)(c3ccccn3)[C@@H]2C1=O. The van der Waals surface area contributed by atoms with Gasteiger partial charge in [0.1, 0.15) is 6.04 Å². The molecule has 2 aliphatic rings. The molecule has 2 saturated heterocycles. The predicted octanol–water partition coefficient (Wildman–Crippen LogP) is 1.06. The van der Waals surface area contributed by atoms with Crippen molar-refractivity contribution in [3.8, 4) is 0 Å². The zero-order chi connectivity index (χ0) is 16.3. The molecule has 0 bridgehead atoms. The summed E-state index contributed by atoms with van der Waals surface area (Å²) in [6.07, 6.45) is -3.18. The van der Waals surface area contributed by atoms with E-state index in [2.05, 4.69) is 10.3 Å². The lowest BCUT2D eigenvalue weighted by molar-refractivity contribution is -0.168. The fourth-order valence-corrected chi connectivity index (χ4v) is 3.47. The molecule has 2 aliphatic heterocycles. The normalized spacial score (nSPS) is 35.1. The number of hydrogen-bond donors (Lipinski definition) is 1. The van der Waals surface area contributed by atoms with E-state index in [1.54, 1.807) is 18.2 Å². The highest BCUT2D eigenvalue weighted by Gasteiger charge is 2.69. The fraction of sp³-hybridized carbons (Fsp3) is 0.500. The Morgan fingerprint density at radius 1 is 1.27 bits per heavy atom. The maximum atomic E-state index is 13.3. The molecule has 0 unspecified atom stereocenters. The average molecular weight is 313 g/mol. The van der Waals surface area contributed by atoms with Crippen LogP contribution in [0.4, 0.5) is 13.2 Å². The lowest BCUT2D eigenvalue weighted by atomic mass is 9.79. The summed E-state index contributed by atoms with van der Waals surface area (Å²) in [5, 5.41) is 2.45. The molecule has 2 amide bonds. The van der Waals surface area contributed by atoms with Crippen molar-refractivity contribution in [3.05, 3.63) is 30.1 Å². The third-order valence-electron chi connectivity index (χ3n) is 4.56. The minimum Gasteiger partial charge on any atom is -0.294 e. The molecule has 0 saturated carbocycles. The molecule has 118 valence electrons. The molecule has 0 spiro atoms. The number of hydrogen-bond acceptors (Lipinski definition) is 4. The molecule has 22 heavy (non-hydrogen) atoms. The molecule has 3 rings (SSSR count). The summed E-state index contributed by atoms with van der Waals surface area (Å²) in [5.41, 5.74) is -1.03. The zero-order valence-electron chi connectivity index (χ0n) is 11.9. The van der Waals surface area contributed by atoms with Crippen LogP contribution in [0.2, 0.25) is 0 Å². The van der Waals surface area contributed by atoms with Crippen molar-refractivity contribution >= 4 is 11.8 Å². The van der Waals surface area contributed by atoms with Gasteiger partial charge in [-0.1, -0.05) is 6.07 Å². The van der Waals surface area contributed by atoms with Gasteiger partial charge in [0.2, 0.25) is 11.8 Å². The minimum absolute atomic E-state index is 0.313. The quantitative estimate of drug-likeness (QED) is 0.788. The second kappa shape index (κ2) is 4.52. The summed E-state index contributed by atoms with van der Waals surface area (Å²) in [4.78, 5) is 29.3. The van der Waals surface area contributed by atoms with Gasteiger partial charge in [0.15, 0.2) is 0 Å². The van der Waals surface area contributed by atoms with E-state index < -0.39 is 41.4 Å². The van der Waals surface area contributed by atoms with Crippen LogP contribution >= 0.6 is 0 Å². The first-order chi connectivity index (χ1) is 10.2. The van der Waals surface area contributed by atoms with Crippen LogP contribution in [0.3, 0.4) is 0 Å². The first-order valence-corrected chi connectivity index (χ1v) is 6.75. The monoisotopic (exact) mass is 313 g/mol. The standard InChI is InChI=1S/C14H14F3N3O2/c1-13(7-5-3-4-6-18-7)9-8(10(19-13)14(15,16)17)11(21)20(2)12(9)22/h3-6,8-10,19H,1-2H3/t8-,9-,10+,13+/m0/s1. The smallest absolute Gasteiger partial charge is 0.294 e. The highest BCUT2D eigenvalue weighted by atomic mass is 19.4. The summed E-state index contributed by atoms with van der Waals surface area (Å²) in [7, 11) is 1.22. The van der Waals surface area contributed by atoms with Gasteiger partial charge in [-0.15, -0.1) is 0 Å². The Kier molecular flexibility index (Phi) is 3.07. The van der Waals surface area contributed by atoms with Crippen molar-refractivity contribution in [3.63, 3.8) is 0 Å². The average Bonchev–Trinajstić information content (AvgIpc) is 2.91. The Hall–Kier alpha value is -1.96. The van der Waals surface area contributed by atoms with Crippen molar-refractivity contribution in [2.75, 3.05) is 7.05 Å². The Morgan fingerprint density at radius 3 is 2.50 bits per heavy atom. The van der Waals surface area contributed by atoms with E-state index >= 15 is 0 Å². The first-order valence-electron chi connectivity index (χ1n) is 6.75. The Labute approximate surface area is 124 Å². The van der Waals surface area contributed by atoms with Gasteiger partial charge in [0, 0.05) is 13.2 Å². The van der Waals surface area contributed by atoms with Gasteiger partial charge < -0.3 is 0 Å². The number of carbonyl (C=O) groups is 2. The number of amides is 2. The lowest BCUT2D eigenvalue weighted by Crippen LogP contribution is -2.51. The van der Waals surface area contributed by atoms with Gasteiger partial charge in [-0.05, 0) is 19.1 Å². The lowest BCUT2D eigenvalue weighted by Gasteiger charge is -2.30. The summed E-state index contributed by atoms with van der Waals surface area (Å²) in [6, 6.07) is 2.76. The van der Waals surface area contributed by atoms with Crippen LogP contribution in [-0.4, -0.2) is 41.0 Å².